The maximum Gasteiger partial charge on any atom is 0.251 e. The maximum absolute atomic E-state index is 12.8. The Morgan fingerprint density at radius 1 is 1.15 bits per heavy atom. The minimum Gasteiger partial charge on any atom is -0.388 e. The quantitative estimate of drug-likeness (QED) is 0.823. The minimum absolute atomic E-state index is 0.0137. The van der Waals surface area contributed by atoms with Gasteiger partial charge in [0.2, 0.25) is 0 Å². The normalized spacial score (nSPS) is 21.7. The fourth-order valence-corrected chi connectivity index (χ4v) is 4.29. The minimum atomic E-state index is -0.523. The lowest BCUT2D eigenvalue weighted by atomic mass is 9.95. The largest absolute Gasteiger partial charge is 0.388 e. The monoisotopic (exact) mass is 374 g/mol. The van der Waals surface area contributed by atoms with Crippen LogP contribution < -0.4 is 10.2 Å². The molecule has 2 N–H and O–H groups in total. The first-order valence-electron chi connectivity index (χ1n) is 10.6. The molecule has 1 aromatic rings. The molecule has 0 aromatic heterocycles. The van der Waals surface area contributed by atoms with Crippen molar-refractivity contribution in [2.45, 2.75) is 69.9 Å². The van der Waals surface area contributed by atoms with Gasteiger partial charge in [0.05, 0.1) is 12.7 Å². The molecule has 1 saturated carbocycles. The van der Waals surface area contributed by atoms with Gasteiger partial charge in [-0.2, -0.15) is 0 Å². The average molecular weight is 375 g/mol. The van der Waals surface area contributed by atoms with Crippen molar-refractivity contribution in [2.24, 2.45) is 0 Å². The lowest BCUT2D eigenvalue weighted by Crippen LogP contribution is -2.36. The van der Waals surface area contributed by atoms with Gasteiger partial charge < -0.3 is 20.1 Å². The summed E-state index contributed by atoms with van der Waals surface area (Å²) in [4.78, 5) is 15.0. The van der Waals surface area contributed by atoms with Crippen LogP contribution in [-0.4, -0.2) is 43.9 Å². The Hall–Kier alpha value is -1.59. The zero-order valence-electron chi connectivity index (χ0n) is 16.6. The van der Waals surface area contributed by atoms with E-state index in [2.05, 4.69) is 10.2 Å². The number of hydrogen-bond donors (Lipinski definition) is 2. The van der Waals surface area contributed by atoms with Gasteiger partial charge in [-0.05, 0) is 43.9 Å². The van der Waals surface area contributed by atoms with Crippen molar-refractivity contribution in [3.63, 3.8) is 0 Å². The van der Waals surface area contributed by atoms with E-state index in [1.807, 2.05) is 18.2 Å². The summed E-state index contributed by atoms with van der Waals surface area (Å²) in [6.45, 7) is 2.40. The van der Waals surface area contributed by atoms with E-state index in [-0.39, 0.29) is 5.91 Å². The zero-order valence-corrected chi connectivity index (χ0v) is 16.6. The number of carbonyl (C=O) groups is 1. The van der Waals surface area contributed by atoms with Crippen LogP contribution in [0.3, 0.4) is 0 Å². The molecular formula is C22H34N2O3. The fraction of sp³-hybridized carbons (Fsp3) is 0.682. The Morgan fingerprint density at radius 2 is 1.89 bits per heavy atom. The number of aliphatic hydroxyl groups excluding tert-OH is 1. The fourth-order valence-electron chi connectivity index (χ4n) is 4.29. The van der Waals surface area contributed by atoms with Crippen LogP contribution in [0.2, 0.25) is 0 Å². The Morgan fingerprint density at radius 3 is 2.67 bits per heavy atom. The molecule has 1 aromatic carbocycles. The number of amides is 1. The highest BCUT2D eigenvalue weighted by Gasteiger charge is 2.22. The summed E-state index contributed by atoms with van der Waals surface area (Å²) in [6.07, 6.45) is 9.28. The third-order valence-corrected chi connectivity index (χ3v) is 5.90. The Kier molecular flexibility index (Phi) is 7.53. The Balaban J connectivity index is 1.81. The molecule has 27 heavy (non-hydrogen) atoms. The van der Waals surface area contributed by atoms with Gasteiger partial charge >= 0.3 is 0 Å². The predicted octanol–water partition coefficient (Wildman–Crippen LogP) is 3.81. The van der Waals surface area contributed by atoms with E-state index in [0.717, 1.165) is 62.9 Å². The zero-order chi connectivity index (χ0) is 19.1. The highest BCUT2D eigenvalue weighted by molar-refractivity contribution is 5.95. The number of carbonyl (C=O) groups excluding carboxylic acids is 1. The first-order chi connectivity index (χ1) is 13.2. The smallest absolute Gasteiger partial charge is 0.251 e. The van der Waals surface area contributed by atoms with E-state index >= 15 is 0 Å². The number of aliphatic hydroxyl groups is 1. The molecule has 5 nitrogen and oxygen atoms in total. The Bertz CT molecular complexity index is 614. The average Bonchev–Trinajstić information content (AvgIpc) is 2.77. The van der Waals surface area contributed by atoms with Crippen molar-refractivity contribution in [1.29, 1.82) is 0 Å². The molecule has 1 amide bonds. The van der Waals surface area contributed by atoms with Crippen LogP contribution in [-0.2, 0) is 4.74 Å². The molecule has 1 atom stereocenters. The molecule has 2 aliphatic rings. The second-order valence-electron chi connectivity index (χ2n) is 7.93. The van der Waals surface area contributed by atoms with Gasteiger partial charge in [-0.1, -0.05) is 32.1 Å². The molecule has 150 valence electrons. The van der Waals surface area contributed by atoms with Crippen molar-refractivity contribution < 1.29 is 14.6 Å². The molecule has 1 aliphatic heterocycles. The SMILES string of the molecule is COCCN1CCCCCC(O)c2cc(C(=O)NC3CCCCC3)ccc21. The summed E-state index contributed by atoms with van der Waals surface area (Å²) in [5, 5.41) is 14.0. The highest BCUT2D eigenvalue weighted by atomic mass is 16.5. The van der Waals surface area contributed by atoms with Gasteiger partial charge in [0.1, 0.15) is 0 Å². The number of anilines is 1. The van der Waals surface area contributed by atoms with Crippen LogP contribution in [0.25, 0.3) is 0 Å². The molecule has 0 saturated heterocycles. The van der Waals surface area contributed by atoms with Gasteiger partial charge in [-0.15, -0.1) is 0 Å². The van der Waals surface area contributed by atoms with Gasteiger partial charge in [-0.25, -0.2) is 0 Å². The third-order valence-electron chi connectivity index (χ3n) is 5.90. The number of hydrogen-bond acceptors (Lipinski definition) is 4. The summed E-state index contributed by atoms with van der Waals surface area (Å²) in [5.41, 5.74) is 2.57. The highest BCUT2D eigenvalue weighted by Crippen LogP contribution is 2.32. The van der Waals surface area contributed by atoms with Crippen molar-refractivity contribution in [2.75, 3.05) is 31.7 Å². The summed E-state index contributed by atoms with van der Waals surface area (Å²) in [7, 11) is 1.71. The molecule has 0 bridgehead atoms. The number of methoxy groups -OCH3 is 1. The number of benzene rings is 1. The predicted molar refractivity (Wildman–Crippen MR) is 108 cm³/mol. The molecule has 5 heteroatoms. The number of rotatable bonds is 5. The van der Waals surface area contributed by atoms with Crippen molar-refractivity contribution in [1.82, 2.24) is 5.32 Å². The van der Waals surface area contributed by atoms with E-state index in [4.69, 9.17) is 4.74 Å². The van der Waals surface area contributed by atoms with Gasteiger partial charge in [0.25, 0.3) is 5.91 Å². The van der Waals surface area contributed by atoms with Crippen molar-refractivity contribution >= 4 is 11.6 Å². The molecule has 1 unspecified atom stereocenters. The number of nitrogens with zero attached hydrogens (tertiary/aromatic N) is 1. The van der Waals surface area contributed by atoms with Crippen LogP contribution in [0, 0.1) is 0 Å². The lowest BCUT2D eigenvalue weighted by Gasteiger charge is -2.28. The first-order valence-corrected chi connectivity index (χ1v) is 10.6. The molecule has 1 fully saturated rings. The molecule has 0 radical (unpaired) electrons. The van der Waals surface area contributed by atoms with Crippen molar-refractivity contribution in [3.8, 4) is 0 Å². The molecular weight excluding hydrogens is 340 g/mol. The second kappa shape index (κ2) is 10.1. The summed E-state index contributed by atoms with van der Waals surface area (Å²) >= 11 is 0. The van der Waals surface area contributed by atoms with Crippen LogP contribution in [0.15, 0.2) is 18.2 Å². The van der Waals surface area contributed by atoms with Crippen molar-refractivity contribution in [3.05, 3.63) is 29.3 Å². The van der Waals surface area contributed by atoms with E-state index in [0.29, 0.717) is 18.2 Å². The van der Waals surface area contributed by atoms with E-state index in [1.54, 1.807) is 7.11 Å². The molecule has 0 spiro atoms. The van der Waals surface area contributed by atoms with Gasteiger partial charge in [0, 0.05) is 43.1 Å². The standard InChI is InChI=1S/C22H34N2O3/c1-27-15-14-24-13-7-3-6-10-21(25)19-16-17(11-12-20(19)24)22(26)23-18-8-4-2-5-9-18/h11-12,16,18,21,25H,2-10,13-15H2,1H3,(H,23,26). The van der Waals surface area contributed by atoms with Crippen LogP contribution in [0.5, 0.6) is 0 Å². The number of fused-ring (bicyclic) bond motifs is 1. The third kappa shape index (κ3) is 5.45. The lowest BCUT2D eigenvalue weighted by molar-refractivity contribution is 0.0927. The first kappa shape index (κ1) is 20.2. The van der Waals surface area contributed by atoms with E-state index < -0.39 is 6.10 Å². The molecule has 3 rings (SSSR count). The number of ether oxygens (including phenoxy) is 1. The molecule has 1 aliphatic carbocycles. The summed E-state index contributed by atoms with van der Waals surface area (Å²) < 4.78 is 5.27. The summed E-state index contributed by atoms with van der Waals surface area (Å²) in [6, 6.07) is 6.11. The topological polar surface area (TPSA) is 61.8 Å². The molecule has 1 heterocycles. The maximum atomic E-state index is 12.8. The van der Waals surface area contributed by atoms with Crippen LogP contribution in [0.1, 0.15) is 79.8 Å². The van der Waals surface area contributed by atoms with Gasteiger partial charge in [0.15, 0.2) is 0 Å². The summed E-state index contributed by atoms with van der Waals surface area (Å²) in [5.74, 6) is -0.0137. The van der Waals surface area contributed by atoms with Crippen LogP contribution in [0.4, 0.5) is 5.69 Å². The van der Waals surface area contributed by atoms with E-state index in [9.17, 15) is 9.90 Å². The number of nitrogens with one attached hydrogen (secondary N) is 1. The van der Waals surface area contributed by atoms with E-state index in [1.165, 1.54) is 19.3 Å². The second-order valence-corrected chi connectivity index (χ2v) is 7.93. The van der Waals surface area contributed by atoms with Crippen LogP contribution >= 0.6 is 0 Å². The Labute approximate surface area is 163 Å². The van der Waals surface area contributed by atoms with Gasteiger partial charge in [-0.3, -0.25) is 4.79 Å².